The van der Waals surface area contributed by atoms with Crippen LogP contribution in [0.1, 0.15) is 46.1 Å². The van der Waals surface area contributed by atoms with Gasteiger partial charge < -0.3 is 10.4 Å². The Morgan fingerprint density at radius 1 is 1.45 bits per heavy atom. The maximum Gasteiger partial charge on any atom is 0.242 e. The van der Waals surface area contributed by atoms with Gasteiger partial charge in [0.1, 0.15) is 5.82 Å². The summed E-state index contributed by atoms with van der Waals surface area (Å²) >= 11 is 0. The Labute approximate surface area is 132 Å². The predicted molar refractivity (Wildman–Crippen MR) is 86.7 cm³/mol. The molecular weight excluding hydrogens is 280 g/mol. The Hall–Kier alpha value is -1.40. The highest BCUT2D eigenvalue weighted by molar-refractivity contribution is 5.93. The summed E-state index contributed by atoms with van der Waals surface area (Å²) in [5.41, 5.74) is 0. The number of rotatable bonds is 6. The molecule has 0 aromatic carbocycles. The van der Waals surface area contributed by atoms with Crippen LogP contribution >= 0.6 is 0 Å². The van der Waals surface area contributed by atoms with Gasteiger partial charge in [0.05, 0.1) is 18.3 Å². The number of anilines is 1. The van der Waals surface area contributed by atoms with Gasteiger partial charge in [0, 0.05) is 12.7 Å². The third kappa shape index (κ3) is 3.87. The van der Waals surface area contributed by atoms with Gasteiger partial charge in [-0.3, -0.25) is 9.69 Å². The molecule has 6 heteroatoms. The van der Waals surface area contributed by atoms with Crippen molar-refractivity contribution in [2.45, 2.75) is 52.1 Å². The molecule has 2 atom stereocenters. The summed E-state index contributed by atoms with van der Waals surface area (Å²) in [7, 11) is 0. The maximum absolute atomic E-state index is 12.5. The van der Waals surface area contributed by atoms with Gasteiger partial charge in [-0.2, -0.15) is 5.10 Å². The highest BCUT2D eigenvalue weighted by atomic mass is 16.3. The minimum atomic E-state index is -0.167. The molecule has 1 amide bonds. The highest BCUT2D eigenvalue weighted by Crippen LogP contribution is 2.20. The van der Waals surface area contributed by atoms with E-state index in [1.54, 1.807) is 6.20 Å². The number of nitrogens with zero attached hydrogens (tertiary/aromatic N) is 3. The van der Waals surface area contributed by atoms with E-state index in [1.165, 1.54) is 0 Å². The smallest absolute Gasteiger partial charge is 0.242 e. The molecule has 0 saturated carbocycles. The summed E-state index contributed by atoms with van der Waals surface area (Å²) in [6.07, 6.45) is 4.60. The molecular formula is C16H28N4O2. The first kappa shape index (κ1) is 17.0. The van der Waals surface area contributed by atoms with Crippen LogP contribution in [0.3, 0.4) is 0 Å². The second kappa shape index (κ2) is 7.74. The summed E-state index contributed by atoms with van der Waals surface area (Å²) < 4.78 is 1.86. The molecule has 1 saturated heterocycles. The molecule has 1 aliphatic heterocycles. The lowest BCUT2D eigenvalue weighted by atomic mass is 9.97. The largest absolute Gasteiger partial charge is 0.396 e. The Kier molecular flexibility index (Phi) is 5.97. The van der Waals surface area contributed by atoms with Crippen LogP contribution in [0.5, 0.6) is 0 Å². The van der Waals surface area contributed by atoms with E-state index in [9.17, 15) is 9.90 Å². The first-order valence-corrected chi connectivity index (χ1v) is 8.26. The fourth-order valence-corrected chi connectivity index (χ4v) is 2.86. The molecule has 6 nitrogen and oxygen atoms in total. The molecule has 2 N–H and O–H groups in total. The second-order valence-electron chi connectivity index (χ2n) is 6.25. The van der Waals surface area contributed by atoms with Crippen LogP contribution in [0.25, 0.3) is 0 Å². The van der Waals surface area contributed by atoms with Crippen molar-refractivity contribution in [2.75, 3.05) is 25.0 Å². The van der Waals surface area contributed by atoms with E-state index < -0.39 is 0 Å². The van der Waals surface area contributed by atoms with Crippen molar-refractivity contribution in [3.8, 4) is 0 Å². The van der Waals surface area contributed by atoms with Crippen molar-refractivity contribution in [1.82, 2.24) is 14.7 Å². The van der Waals surface area contributed by atoms with Gasteiger partial charge >= 0.3 is 0 Å². The molecule has 0 aliphatic carbocycles. The second-order valence-corrected chi connectivity index (χ2v) is 6.25. The van der Waals surface area contributed by atoms with E-state index in [0.717, 1.165) is 38.2 Å². The van der Waals surface area contributed by atoms with Crippen LogP contribution in [0, 0.1) is 5.92 Å². The normalized spacial score (nSPS) is 19.8. The summed E-state index contributed by atoms with van der Waals surface area (Å²) in [4.78, 5) is 14.7. The van der Waals surface area contributed by atoms with Crippen molar-refractivity contribution in [2.24, 2.45) is 5.92 Å². The number of piperidine rings is 1. The molecule has 1 aromatic rings. The number of amides is 1. The third-order valence-electron chi connectivity index (χ3n) is 4.76. The Morgan fingerprint density at radius 2 is 2.14 bits per heavy atom. The van der Waals surface area contributed by atoms with Crippen LogP contribution < -0.4 is 5.32 Å². The summed E-state index contributed by atoms with van der Waals surface area (Å²) in [5.74, 6) is 1.15. The number of likely N-dealkylation sites (tertiary alicyclic amines) is 1. The van der Waals surface area contributed by atoms with E-state index in [-0.39, 0.29) is 24.6 Å². The zero-order chi connectivity index (χ0) is 16.1. The zero-order valence-corrected chi connectivity index (χ0v) is 13.8. The first-order valence-electron chi connectivity index (χ1n) is 8.26. The molecule has 0 unspecified atom stereocenters. The molecule has 1 aromatic heterocycles. The lowest BCUT2D eigenvalue weighted by Gasteiger charge is -2.34. The lowest BCUT2D eigenvalue weighted by Crippen LogP contribution is -2.46. The monoisotopic (exact) mass is 308 g/mol. The summed E-state index contributed by atoms with van der Waals surface area (Å²) in [5, 5.41) is 16.5. The number of hydrogen-bond acceptors (Lipinski definition) is 4. The van der Waals surface area contributed by atoms with Crippen molar-refractivity contribution in [3.05, 3.63) is 12.3 Å². The Morgan fingerprint density at radius 3 is 2.73 bits per heavy atom. The number of nitrogens with one attached hydrogen (secondary N) is 1. The van der Waals surface area contributed by atoms with Crippen LogP contribution in [0.2, 0.25) is 0 Å². The fraction of sp³-hybridized carbons (Fsp3) is 0.750. The quantitative estimate of drug-likeness (QED) is 0.842. The van der Waals surface area contributed by atoms with Crippen LogP contribution in [-0.4, -0.2) is 51.4 Å². The minimum absolute atomic E-state index is 0.00695. The molecule has 124 valence electrons. The average Bonchev–Trinajstić information content (AvgIpc) is 3.01. The van der Waals surface area contributed by atoms with Gasteiger partial charge in [-0.05, 0) is 52.1 Å². The first-order chi connectivity index (χ1) is 10.6. The van der Waals surface area contributed by atoms with Gasteiger partial charge in [0.25, 0.3) is 0 Å². The summed E-state index contributed by atoms with van der Waals surface area (Å²) in [6, 6.07) is 1.94. The number of aliphatic hydroxyl groups is 1. The molecule has 1 fully saturated rings. The van der Waals surface area contributed by atoms with Gasteiger partial charge in [-0.15, -0.1) is 0 Å². The van der Waals surface area contributed by atoms with E-state index in [0.29, 0.717) is 5.92 Å². The maximum atomic E-state index is 12.5. The van der Waals surface area contributed by atoms with Crippen LogP contribution in [-0.2, 0) is 4.79 Å². The minimum Gasteiger partial charge on any atom is -0.396 e. The highest BCUT2D eigenvalue weighted by Gasteiger charge is 2.26. The average molecular weight is 308 g/mol. The SMILES string of the molecule is CC[C@@H](C)n1nccc1NC(=O)[C@@H](C)N1CCC(CO)CC1. The van der Waals surface area contributed by atoms with Crippen LogP contribution in [0.15, 0.2) is 12.3 Å². The number of carbonyl (C=O) groups excluding carboxylic acids is 1. The van der Waals surface area contributed by atoms with Crippen molar-refractivity contribution >= 4 is 11.7 Å². The predicted octanol–water partition coefficient (Wildman–Crippen LogP) is 1.89. The third-order valence-corrected chi connectivity index (χ3v) is 4.76. The number of aliphatic hydroxyl groups excluding tert-OH is 1. The van der Waals surface area contributed by atoms with Crippen molar-refractivity contribution in [1.29, 1.82) is 0 Å². The van der Waals surface area contributed by atoms with E-state index >= 15 is 0 Å². The number of hydrogen-bond donors (Lipinski definition) is 2. The molecule has 2 rings (SSSR count). The van der Waals surface area contributed by atoms with Crippen molar-refractivity contribution < 1.29 is 9.90 Å². The van der Waals surface area contributed by atoms with Gasteiger partial charge in [-0.25, -0.2) is 4.68 Å². The summed E-state index contributed by atoms with van der Waals surface area (Å²) in [6.45, 7) is 8.12. The topological polar surface area (TPSA) is 70.4 Å². The molecule has 22 heavy (non-hydrogen) atoms. The van der Waals surface area contributed by atoms with Gasteiger partial charge in [0.15, 0.2) is 0 Å². The zero-order valence-electron chi connectivity index (χ0n) is 13.8. The Balaban J connectivity index is 1.93. The standard InChI is InChI=1S/C16H28N4O2/c1-4-12(2)20-15(5-8-17-20)18-16(22)13(3)19-9-6-14(11-21)7-10-19/h5,8,12-14,21H,4,6-7,9-11H2,1-3H3,(H,18,22)/t12-,13-/m1/s1. The van der Waals surface area contributed by atoms with Crippen molar-refractivity contribution in [3.63, 3.8) is 0 Å². The van der Waals surface area contributed by atoms with Gasteiger partial charge in [0.2, 0.25) is 5.91 Å². The van der Waals surface area contributed by atoms with E-state index in [2.05, 4.69) is 29.2 Å². The number of aromatic nitrogens is 2. The lowest BCUT2D eigenvalue weighted by molar-refractivity contribution is -0.121. The van der Waals surface area contributed by atoms with Gasteiger partial charge in [-0.1, -0.05) is 6.92 Å². The van der Waals surface area contributed by atoms with Crippen LogP contribution in [0.4, 0.5) is 5.82 Å². The molecule has 2 heterocycles. The molecule has 0 bridgehead atoms. The molecule has 1 aliphatic rings. The molecule has 0 spiro atoms. The number of carbonyl (C=O) groups is 1. The Bertz CT molecular complexity index is 480. The van der Waals surface area contributed by atoms with E-state index in [1.807, 2.05) is 17.7 Å². The molecule has 0 radical (unpaired) electrons. The fourth-order valence-electron chi connectivity index (χ4n) is 2.86. The van der Waals surface area contributed by atoms with E-state index in [4.69, 9.17) is 0 Å².